The molecule has 2 aliphatic heterocycles. The minimum atomic E-state index is 0.373. The number of hydrogen-bond donors (Lipinski definition) is 2. The minimum Gasteiger partial charge on any atom is -0.313 e. The van der Waals surface area contributed by atoms with Crippen LogP contribution >= 0.6 is 0 Å². The Morgan fingerprint density at radius 2 is 2.20 bits per heavy atom. The third-order valence-electron chi connectivity index (χ3n) is 4.02. The van der Waals surface area contributed by atoms with E-state index in [0.29, 0.717) is 12.1 Å². The van der Waals surface area contributed by atoms with Crippen molar-refractivity contribution in [1.29, 1.82) is 0 Å². The molecule has 0 amide bonds. The molecule has 0 aromatic rings. The van der Waals surface area contributed by atoms with E-state index in [1.807, 2.05) is 0 Å². The Morgan fingerprint density at radius 1 is 1.27 bits per heavy atom. The zero-order valence-electron chi connectivity index (χ0n) is 9.17. The zero-order chi connectivity index (χ0) is 10.1. The number of hydrogen-bond acceptors (Lipinski definition) is 3. The van der Waals surface area contributed by atoms with Gasteiger partial charge in [-0.3, -0.25) is 4.84 Å². The van der Waals surface area contributed by atoms with Crippen molar-refractivity contribution < 1.29 is 4.84 Å². The summed E-state index contributed by atoms with van der Waals surface area (Å²) in [5.74, 6) is 0.739. The van der Waals surface area contributed by atoms with Crippen molar-refractivity contribution in [3.8, 4) is 0 Å². The fraction of sp³-hybridized carbons (Fsp3) is 0.833. The fourth-order valence-electron chi connectivity index (χ4n) is 3.17. The minimum absolute atomic E-state index is 0.373. The van der Waals surface area contributed by atoms with Gasteiger partial charge in [-0.25, -0.2) is 0 Å². The van der Waals surface area contributed by atoms with Gasteiger partial charge in [0.25, 0.3) is 0 Å². The van der Waals surface area contributed by atoms with Crippen molar-refractivity contribution in [3.63, 3.8) is 0 Å². The van der Waals surface area contributed by atoms with Crippen LogP contribution in [0.4, 0.5) is 0 Å². The van der Waals surface area contributed by atoms with E-state index in [2.05, 4.69) is 16.9 Å². The van der Waals surface area contributed by atoms with Crippen LogP contribution in [0, 0.1) is 5.92 Å². The second kappa shape index (κ2) is 4.24. The van der Waals surface area contributed by atoms with E-state index in [0.717, 1.165) is 25.4 Å². The SMILES string of the molecule is C1=C(C2ONC3CCCCC32)CCNC1. The Kier molecular flexibility index (Phi) is 2.77. The molecule has 0 bridgehead atoms. The lowest BCUT2D eigenvalue weighted by Gasteiger charge is -2.28. The summed E-state index contributed by atoms with van der Waals surface area (Å²) in [5.41, 5.74) is 4.77. The first-order chi connectivity index (χ1) is 7.45. The molecule has 3 atom stereocenters. The topological polar surface area (TPSA) is 33.3 Å². The smallest absolute Gasteiger partial charge is 0.104 e. The van der Waals surface area contributed by atoms with E-state index >= 15 is 0 Å². The summed E-state index contributed by atoms with van der Waals surface area (Å²) in [6.45, 7) is 2.13. The van der Waals surface area contributed by atoms with Crippen molar-refractivity contribution in [3.05, 3.63) is 11.6 Å². The third kappa shape index (κ3) is 1.84. The predicted molar refractivity (Wildman–Crippen MR) is 59.3 cm³/mol. The van der Waals surface area contributed by atoms with Gasteiger partial charge in [0.1, 0.15) is 6.10 Å². The summed E-state index contributed by atoms with van der Waals surface area (Å²) in [6, 6.07) is 0.625. The highest BCUT2D eigenvalue weighted by Crippen LogP contribution is 2.36. The van der Waals surface area contributed by atoms with E-state index in [4.69, 9.17) is 4.84 Å². The second-order valence-corrected chi connectivity index (χ2v) is 4.94. The molecule has 0 aromatic heterocycles. The summed E-state index contributed by atoms with van der Waals surface area (Å²) in [6.07, 6.45) is 9.25. The van der Waals surface area contributed by atoms with Crippen LogP contribution in [0.25, 0.3) is 0 Å². The van der Waals surface area contributed by atoms with Gasteiger partial charge in [0, 0.05) is 18.5 Å². The van der Waals surface area contributed by atoms with Gasteiger partial charge in [-0.15, -0.1) is 0 Å². The first kappa shape index (κ1) is 9.82. The van der Waals surface area contributed by atoms with Crippen LogP contribution in [-0.2, 0) is 4.84 Å². The number of hydroxylamine groups is 1. The monoisotopic (exact) mass is 208 g/mol. The van der Waals surface area contributed by atoms with E-state index in [1.165, 1.54) is 31.3 Å². The standard InChI is InChI=1S/C12H20N2O/c1-2-4-11-10(3-1)12(15-14-11)9-5-7-13-8-6-9/h5,10-14H,1-4,6-8H2. The Labute approximate surface area is 91.2 Å². The zero-order valence-corrected chi connectivity index (χ0v) is 9.17. The first-order valence-electron chi connectivity index (χ1n) is 6.26. The molecule has 84 valence electrons. The molecule has 3 rings (SSSR count). The van der Waals surface area contributed by atoms with Crippen molar-refractivity contribution in [1.82, 2.24) is 10.8 Å². The Hall–Kier alpha value is -0.380. The van der Waals surface area contributed by atoms with Crippen LogP contribution in [-0.4, -0.2) is 25.2 Å². The quantitative estimate of drug-likeness (QED) is 0.639. The van der Waals surface area contributed by atoms with Gasteiger partial charge < -0.3 is 5.32 Å². The largest absolute Gasteiger partial charge is 0.313 e. The summed E-state index contributed by atoms with van der Waals surface area (Å²) in [7, 11) is 0. The molecular weight excluding hydrogens is 188 g/mol. The average Bonchev–Trinajstić information content (AvgIpc) is 2.74. The molecule has 0 aromatic carbocycles. The van der Waals surface area contributed by atoms with Crippen molar-refractivity contribution in [2.45, 2.75) is 44.2 Å². The fourth-order valence-corrected chi connectivity index (χ4v) is 3.17. The summed E-state index contributed by atoms with van der Waals surface area (Å²) in [5, 5.41) is 3.36. The van der Waals surface area contributed by atoms with Crippen LogP contribution in [0.3, 0.4) is 0 Å². The molecule has 2 fully saturated rings. The predicted octanol–water partition coefficient (Wildman–Crippen LogP) is 1.37. The highest BCUT2D eigenvalue weighted by atomic mass is 16.7. The summed E-state index contributed by atoms with van der Waals surface area (Å²) >= 11 is 0. The maximum atomic E-state index is 5.79. The molecule has 2 N–H and O–H groups in total. The van der Waals surface area contributed by atoms with Crippen LogP contribution in [0.1, 0.15) is 32.1 Å². The molecule has 1 saturated heterocycles. The highest BCUT2D eigenvalue weighted by Gasteiger charge is 2.40. The maximum absolute atomic E-state index is 5.79. The molecule has 3 nitrogen and oxygen atoms in total. The lowest BCUT2D eigenvalue weighted by molar-refractivity contribution is 0.0372. The first-order valence-corrected chi connectivity index (χ1v) is 6.26. The Bertz CT molecular complexity index is 264. The van der Waals surface area contributed by atoms with E-state index in [9.17, 15) is 0 Å². The van der Waals surface area contributed by atoms with E-state index < -0.39 is 0 Å². The van der Waals surface area contributed by atoms with E-state index in [-0.39, 0.29) is 0 Å². The molecule has 15 heavy (non-hydrogen) atoms. The summed E-state index contributed by atoms with van der Waals surface area (Å²) in [4.78, 5) is 5.79. The molecule has 1 aliphatic carbocycles. The normalized spacial score (nSPS) is 41.1. The van der Waals surface area contributed by atoms with Crippen molar-refractivity contribution >= 4 is 0 Å². The number of fused-ring (bicyclic) bond motifs is 1. The maximum Gasteiger partial charge on any atom is 0.104 e. The third-order valence-corrected chi connectivity index (χ3v) is 4.02. The molecule has 1 saturated carbocycles. The Balaban J connectivity index is 1.73. The van der Waals surface area contributed by atoms with Gasteiger partial charge >= 0.3 is 0 Å². The number of nitrogens with one attached hydrogen (secondary N) is 2. The van der Waals surface area contributed by atoms with Gasteiger partial charge in [0.05, 0.1) is 0 Å². The lowest BCUT2D eigenvalue weighted by atomic mass is 9.79. The molecular formula is C12H20N2O. The summed E-state index contributed by atoms with van der Waals surface area (Å²) < 4.78 is 0. The average molecular weight is 208 g/mol. The van der Waals surface area contributed by atoms with Gasteiger partial charge in [0.2, 0.25) is 0 Å². The molecule has 3 heteroatoms. The second-order valence-electron chi connectivity index (χ2n) is 4.94. The van der Waals surface area contributed by atoms with Crippen molar-refractivity contribution in [2.24, 2.45) is 5.92 Å². The highest BCUT2D eigenvalue weighted by molar-refractivity contribution is 5.16. The molecule has 3 unspecified atom stereocenters. The van der Waals surface area contributed by atoms with Crippen LogP contribution in [0.15, 0.2) is 11.6 Å². The van der Waals surface area contributed by atoms with Gasteiger partial charge in [-0.2, -0.15) is 5.48 Å². The van der Waals surface area contributed by atoms with E-state index in [1.54, 1.807) is 0 Å². The van der Waals surface area contributed by atoms with Crippen molar-refractivity contribution in [2.75, 3.05) is 13.1 Å². The van der Waals surface area contributed by atoms with Gasteiger partial charge in [0.15, 0.2) is 0 Å². The molecule has 0 radical (unpaired) electrons. The Morgan fingerprint density at radius 3 is 3.07 bits per heavy atom. The molecule has 0 spiro atoms. The number of rotatable bonds is 1. The molecule has 2 heterocycles. The van der Waals surface area contributed by atoms with Gasteiger partial charge in [-0.1, -0.05) is 18.9 Å². The molecule has 3 aliphatic rings. The van der Waals surface area contributed by atoms with Crippen LogP contribution in [0.5, 0.6) is 0 Å². The van der Waals surface area contributed by atoms with Crippen LogP contribution < -0.4 is 10.8 Å². The van der Waals surface area contributed by atoms with Gasteiger partial charge in [-0.05, 0) is 31.4 Å². The lowest BCUT2D eigenvalue weighted by Crippen LogP contribution is -2.33. The van der Waals surface area contributed by atoms with Crippen LogP contribution in [0.2, 0.25) is 0 Å².